The number of rotatable bonds is 4. The summed E-state index contributed by atoms with van der Waals surface area (Å²) < 4.78 is 4.91. The lowest BCUT2D eigenvalue weighted by Crippen LogP contribution is -2.34. The number of anilines is 1. The van der Waals surface area contributed by atoms with Gasteiger partial charge < -0.3 is 14.7 Å². The lowest BCUT2D eigenvalue weighted by molar-refractivity contribution is 0.210. The zero-order valence-corrected chi connectivity index (χ0v) is 12.2. The first kappa shape index (κ1) is 14.0. The summed E-state index contributed by atoms with van der Waals surface area (Å²) in [5.41, 5.74) is 1.90. The van der Waals surface area contributed by atoms with Gasteiger partial charge in [0.25, 0.3) is 0 Å². The van der Waals surface area contributed by atoms with Crippen LogP contribution in [-0.4, -0.2) is 43.0 Å². The molecular formula is C13H15N7O2. The highest BCUT2D eigenvalue weighted by Gasteiger charge is 2.16. The highest BCUT2D eigenvalue weighted by molar-refractivity contribution is 5.98. The first-order valence-electron chi connectivity index (χ1n) is 6.82. The van der Waals surface area contributed by atoms with Gasteiger partial charge in [0.2, 0.25) is 5.89 Å². The molecule has 0 aliphatic carbocycles. The second-order valence-corrected chi connectivity index (χ2v) is 4.67. The number of amides is 2. The Labute approximate surface area is 125 Å². The van der Waals surface area contributed by atoms with Crippen molar-refractivity contribution in [3.05, 3.63) is 29.9 Å². The molecule has 0 bridgehead atoms. The molecule has 0 atom stereocenters. The second-order valence-electron chi connectivity index (χ2n) is 4.67. The number of nitrogens with zero attached hydrogens (tertiary/aromatic N) is 5. The Hall–Kier alpha value is -2.97. The summed E-state index contributed by atoms with van der Waals surface area (Å²) in [5, 5.41) is 17.2. The van der Waals surface area contributed by atoms with Gasteiger partial charge >= 0.3 is 6.03 Å². The summed E-state index contributed by atoms with van der Waals surface area (Å²) in [6.07, 6.45) is 0. The smallest absolute Gasteiger partial charge is 0.322 e. The molecule has 0 fully saturated rings. The Morgan fingerprint density at radius 1 is 1.41 bits per heavy atom. The highest BCUT2D eigenvalue weighted by Crippen LogP contribution is 2.19. The number of benzene rings is 1. The molecule has 0 aliphatic rings. The molecule has 0 saturated carbocycles. The Bertz CT molecular complexity index is 794. The fourth-order valence-corrected chi connectivity index (χ4v) is 2.07. The summed E-state index contributed by atoms with van der Waals surface area (Å²) in [7, 11) is 0. The predicted octanol–water partition coefficient (Wildman–Crippen LogP) is 1.70. The van der Waals surface area contributed by atoms with Gasteiger partial charge in [-0.15, -0.1) is 0 Å². The number of aromatic nitrogens is 5. The SMILES string of the molecule is CCN(Cc1noc(C)n1)C(=O)Nc1cccc2n[nH]nc12. The van der Waals surface area contributed by atoms with Crippen LogP contribution >= 0.6 is 0 Å². The number of aromatic amines is 1. The Balaban J connectivity index is 1.75. The van der Waals surface area contributed by atoms with Gasteiger partial charge in [0, 0.05) is 13.5 Å². The van der Waals surface area contributed by atoms with Gasteiger partial charge in [0.1, 0.15) is 11.0 Å². The minimum absolute atomic E-state index is 0.263. The summed E-state index contributed by atoms with van der Waals surface area (Å²) in [6.45, 7) is 4.37. The fourth-order valence-electron chi connectivity index (χ4n) is 2.07. The van der Waals surface area contributed by atoms with Crippen molar-refractivity contribution in [2.45, 2.75) is 20.4 Å². The van der Waals surface area contributed by atoms with E-state index in [4.69, 9.17) is 4.52 Å². The Morgan fingerprint density at radius 3 is 3.00 bits per heavy atom. The number of carbonyl (C=O) groups excluding carboxylic acids is 1. The van der Waals surface area contributed by atoms with Crippen molar-refractivity contribution in [3.63, 3.8) is 0 Å². The van der Waals surface area contributed by atoms with Gasteiger partial charge in [0.05, 0.1) is 12.2 Å². The third-order valence-electron chi connectivity index (χ3n) is 3.16. The molecule has 2 amide bonds. The van der Waals surface area contributed by atoms with E-state index in [1.807, 2.05) is 13.0 Å². The van der Waals surface area contributed by atoms with Crippen LogP contribution in [0.2, 0.25) is 0 Å². The van der Waals surface area contributed by atoms with Crippen LogP contribution in [0, 0.1) is 6.92 Å². The van der Waals surface area contributed by atoms with Crippen molar-refractivity contribution in [3.8, 4) is 0 Å². The van der Waals surface area contributed by atoms with Gasteiger partial charge in [-0.2, -0.15) is 20.4 Å². The van der Waals surface area contributed by atoms with E-state index in [9.17, 15) is 4.79 Å². The molecule has 22 heavy (non-hydrogen) atoms. The van der Waals surface area contributed by atoms with Gasteiger partial charge in [-0.1, -0.05) is 11.2 Å². The second kappa shape index (κ2) is 5.80. The number of aryl methyl sites for hydroxylation is 1. The maximum absolute atomic E-state index is 12.4. The summed E-state index contributed by atoms with van der Waals surface area (Å²) in [5.74, 6) is 0.938. The molecule has 2 aromatic heterocycles. The van der Waals surface area contributed by atoms with E-state index in [0.717, 1.165) is 0 Å². The lowest BCUT2D eigenvalue weighted by Gasteiger charge is -2.19. The molecule has 0 spiro atoms. The van der Waals surface area contributed by atoms with E-state index in [-0.39, 0.29) is 12.6 Å². The third kappa shape index (κ3) is 2.73. The Kier molecular flexibility index (Phi) is 3.69. The minimum Gasteiger partial charge on any atom is -0.340 e. The molecule has 0 unspecified atom stereocenters. The summed E-state index contributed by atoms with van der Waals surface area (Å²) in [4.78, 5) is 18.1. The minimum atomic E-state index is -0.263. The molecule has 114 valence electrons. The van der Waals surface area contributed by atoms with Crippen LogP contribution in [0.1, 0.15) is 18.6 Å². The topological polar surface area (TPSA) is 113 Å². The van der Waals surface area contributed by atoms with Crippen LogP contribution in [0.15, 0.2) is 22.7 Å². The van der Waals surface area contributed by atoms with Crippen molar-refractivity contribution < 1.29 is 9.32 Å². The van der Waals surface area contributed by atoms with Crippen LogP contribution in [0.3, 0.4) is 0 Å². The van der Waals surface area contributed by atoms with Crippen molar-refractivity contribution >= 4 is 22.8 Å². The molecule has 2 N–H and O–H groups in total. The maximum Gasteiger partial charge on any atom is 0.322 e. The number of carbonyl (C=O) groups is 1. The van der Waals surface area contributed by atoms with Crippen LogP contribution < -0.4 is 5.32 Å². The predicted molar refractivity (Wildman–Crippen MR) is 78.0 cm³/mol. The normalized spacial score (nSPS) is 10.8. The molecule has 0 aliphatic heterocycles. The number of nitrogens with one attached hydrogen (secondary N) is 2. The van der Waals surface area contributed by atoms with E-state index in [2.05, 4.69) is 30.9 Å². The number of fused-ring (bicyclic) bond motifs is 1. The zero-order chi connectivity index (χ0) is 15.5. The van der Waals surface area contributed by atoms with E-state index >= 15 is 0 Å². The van der Waals surface area contributed by atoms with Gasteiger partial charge in [-0.25, -0.2) is 4.79 Å². The molecular weight excluding hydrogens is 286 g/mol. The van der Waals surface area contributed by atoms with Gasteiger partial charge in [-0.05, 0) is 19.1 Å². The van der Waals surface area contributed by atoms with Crippen molar-refractivity contribution in [1.82, 2.24) is 30.5 Å². The van der Waals surface area contributed by atoms with E-state index < -0.39 is 0 Å². The van der Waals surface area contributed by atoms with Crippen LogP contribution in [-0.2, 0) is 6.54 Å². The maximum atomic E-state index is 12.4. The fraction of sp³-hybridized carbons (Fsp3) is 0.308. The quantitative estimate of drug-likeness (QED) is 0.758. The van der Waals surface area contributed by atoms with Crippen molar-refractivity contribution in [2.75, 3.05) is 11.9 Å². The molecule has 3 rings (SSSR count). The average molecular weight is 301 g/mol. The first-order chi connectivity index (χ1) is 10.7. The molecule has 2 heterocycles. The summed E-state index contributed by atoms with van der Waals surface area (Å²) in [6, 6.07) is 5.13. The average Bonchev–Trinajstić information content (AvgIpc) is 3.14. The number of urea groups is 1. The number of H-pyrrole nitrogens is 1. The lowest BCUT2D eigenvalue weighted by atomic mass is 10.2. The van der Waals surface area contributed by atoms with Crippen LogP contribution in [0.5, 0.6) is 0 Å². The van der Waals surface area contributed by atoms with Crippen LogP contribution in [0.25, 0.3) is 11.0 Å². The largest absolute Gasteiger partial charge is 0.340 e. The molecule has 3 aromatic rings. The standard InChI is InChI=1S/C13H15N7O2/c1-3-20(7-11-14-8(2)22-18-11)13(21)15-9-5-4-6-10-12(9)17-19-16-10/h4-6H,3,7H2,1-2H3,(H,15,21)(H,16,17,19). The van der Waals surface area contributed by atoms with Crippen molar-refractivity contribution in [1.29, 1.82) is 0 Å². The number of hydrogen-bond acceptors (Lipinski definition) is 6. The van der Waals surface area contributed by atoms with Gasteiger partial charge in [0.15, 0.2) is 5.82 Å². The zero-order valence-electron chi connectivity index (χ0n) is 12.2. The number of hydrogen-bond donors (Lipinski definition) is 2. The molecule has 1 aromatic carbocycles. The van der Waals surface area contributed by atoms with Crippen LogP contribution in [0.4, 0.5) is 10.5 Å². The third-order valence-corrected chi connectivity index (χ3v) is 3.16. The Morgan fingerprint density at radius 2 is 2.27 bits per heavy atom. The van der Waals surface area contributed by atoms with E-state index in [1.165, 1.54) is 0 Å². The van der Waals surface area contributed by atoms with Gasteiger partial charge in [-0.3, -0.25) is 0 Å². The molecule has 9 heteroatoms. The monoisotopic (exact) mass is 301 g/mol. The molecule has 0 radical (unpaired) electrons. The molecule has 9 nitrogen and oxygen atoms in total. The first-order valence-corrected chi connectivity index (χ1v) is 6.82. The molecule has 0 saturated heterocycles. The number of para-hydroxylation sites is 1. The van der Waals surface area contributed by atoms with E-state index in [1.54, 1.807) is 24.0 Å². The van der Waals surface area contributed by atoms with Crippen molar-refractivity contribution in [2.24, 2.45) is 0 Å². The summed E-state index contributed by atoms with van der Waals surface area (Å²) >= 11 is 0. The van der Waals surface area contributed by atoms with E-state index in [0.29, 0.717) is 35.0 Å². The highest BCUT2D eigenvalue weighted by atomic mass is 16.5.